The molecular weight excluding hydrogens is 298 g/mol. The molecule has 2 heterocycles. The van der Waals surface area contributed by atoms with Crippen molar-refractivity contribution in [3.05, 3.63) is 52.1 Å². The number of para-hydroxylation sites is 1. The number of aromatic amines is 1. The van der Waals surface area contributed by atoms with Crippen LogP contribution in [0.15, 0.2) is 41.0 Å². The highest BCUT2D eigenvalue weighted by Crippen LogP contribution is 2.23. The van der Waals surface area contributed by atoms with Crippen LogP contribution in [0.4, 0.5) is 0 Å². The number of thiazole rings is 1. The van der Waals surface area contributed by atoms with E-state index in [1.807, 2.05) is 36.6 Å². The van der Waals surface area contributed by atoms with Crippen molar-refractivity contribution in [1.82, 2.24) is 9.97 Å². The van der Waals surface area contributed by atoms with E-state index >= 15 is 0 Å². The molecule has 0 saturated heterocycles. The lowest BCUT2D eigenvalue weighted by Crippen LogP contribution is -2.04. The van der Waals surface area contributed by atoms with Gasteiger partial charge in [-0.1, -0.05) is 30.3 Å². The summed E-state index contributed by atoms with van der Waals surface area (Å²) < 4.78 is 0. The van der Waals surface area contributed by atoms with Gasteiger partial charge >= 0.3 is 0 Å². The summed E-state index contributed by atoms with van der Waals surface area (Å²) in [5.41, 5.74) is 3.00. The fraction of sp³-hybridized carbons (Fsp3) is 0.188. The molecule has 0 atom stereocenters. The summed E-state index contributed by atoms with van der Waals surface area (Å²) in [6.45, 7) is 1.97. The Morgan fingerprint density at radius 2 is 2.23 bits per heavy atom. The highest BCUT2D eigenvalue weighted by atomic mass is 32.1. The molecule has 0 unspecified atom stereocenters. The lowest BCUT2D eigenvalue weighted by atomic mass is 10.1. The molecule has 3 aromatic rings. The summed E-state index contributed by atoms with van der Waals surface area (Å²) >= 11 is 1.32. The van der Waals surface area contributed by atoms with Gasteiger partial charge in [-0.25, -0.2) is 4.98 Å². The maximum atomic E-state index is 12.7. The Balaban J connectivity index is 1.96. The molecule has 0 bridgehead atoms. The third-order valence-electron chi connectivity index (χ3n) is 3.36. The third kappa shape index (κ3) is 2.53. The van der Waals surface area contributed by atoms with E-state index in [0.29, 0.717) is 22.7 Å². The summed E-state index contributed by atoms with van der Waals surface area (Å²) in [5, 5.41) is 7.14. The van der Waals surface area contributed by atoms with E-state index in [1.54, 1.807) is 6.20 Å². The van der Waals surface area contributed by atoms with Gasteiger partial charge in [0.2, 0.25) is 5.78 Å². The molecule has 0 aliphatic rings. The number of rotatable bonds is 5. The van der Waals surface area contributed by atoms with Crippen LogP contribution in [0.5, 0.6) is 0 Å². The predicted octanol–water partition coefficient (Wildman–Crippen LogP) is 3.62. The molecule has 5 nitrogen and oxygen atoms in total. The number of ketones is 1. The maximum Gasteiger partial charge on any atom is 0.223 e. The molecule has 0 saturated carbocycles. The van der Waals surface area contributed by atoms with Gasteiger partial charge < -0.3 is 9.82 Å². The first-order chi connectivity index (χ1) is 10.7. The summed E-state index contributed by atoms with van der Waals surface area (Å²) in [6, 6.07) is 7.72. The van der Waals surface area contributed by atoms with Gasteiger partial charge in [-0.3, -0.25) is 4.79 Å². The largest absolute Gasteiger partial charge is 0.399 e. The van der Waals surface area contributed by atoms with Crippen molar-refractivity contribution in [3.63, 3.8) is 0 Å². The molecule has 0 aliphatic carbocycles. The number of carbonyl (C=O) groups excluding carboxylic acids is 1. The molecule has 22 heavy (non-hydrogen) atoms. The van der Waals surface area contributed by atoms with Crippen LogP contribution in [0.25, 0.3) is 10.9 Å². The smallest absolute Gasteiger partial charge is 0.223 e. The lowest BCUT2D eigenvalue weighted by molar-refractivity contribution is 0.104. The van der Waals surface area contributed by atoms with Gasteiger partial charge in [0, 0.05) is 22.5 Å². The average molecular weight is 313 g/mol. The van der Waals surface area contributed by atoms with E-state index in [9.17, 15) is 4.79 Å². The van der Waals surface area contributed by atoms with Gasteiger partial charge in [0.15, 0.2) is 5.01 Å². The van der Waals surface area contributed by atoms with E-state index in [4.69, 9.17) is 4.84 Å². The van der Waals surface area contributed by atoms with Crippen LogP contribution in [0, 0.1) is 0 Å². The number of carbonyl (C=O) groups is 1. The lowest BCUT2D eigenvalue weighted by Gasteiger charge is -1.97. The topological polar surface area (TPSA) is 67.3 Å². The molecule has 1 N–H and O–H groups in total. The minimum atomic E-state index is -0.0819. The molecular formula is C16H15N3O2S. The standard InChI is InChI=1S/C16H15N3O2S/c1-3-12(19-21-2)14-9-22-16(18-14)15(20)11-8-17-13-7-5-4-6-10(11)13/h4-9,17H,3H2,1-2H3/b19-12+. The summed E-state index contributed by atoms with van der Waals surface area (Å²) in [4.78, 5) is 25.0. The zero-order valence-corrected chi connectivity index (χ0v) is 13.1. The molecule has 1 aromatic carbocycles. The number of nitrogens with one attached hydrogen (secondary N) is 1. The summed E-state index contributed by atoms with van der Waals surface area (Å²) in [6.07, 6.45) is 2.43. The molecule has 112 valence electrons. The van der Waals surface area contributed by atoms with Gasteiger partial charge in [-0.2, -0.15) is 0 Å². The van der Waals surface area contributed by atoms with Crippen LogP contribution >= 0.6 is 11.3 Å². The van der Waals surface area contributed by atoms with Crippen molar-refractivity contribution in [2.75, 3.05) is 7.11 Å². The number of fused-ring (bicyclic) bond motifs is 1. The van der Waals surface area contributed by atoms with Crippen molar-refractivity contribution in [3.8, 4) is 0 Å². The van der Waals surface area contributed by atoms with E-state index in [-0.39, 0.29) is 5.78 Å². The first-order valence-electron chi connectivity index (χ1n) is 6.91. The number of hydrogen-bond donors (Lipinski definition) is 1. The Labute approximate surface area is 131 Å². The second-order valence-electron chi connectivity index (χ2n) is 4.69. The monoisotopic (exact) mass is 313 g/mol. The normalized spacial score (nSPS) is 11.8. The molecule has 6 heteroatoms. The quantitative estimate of drug-likeness (QED) is 0.444. The Hall–Kier alpha value is -2.47. The highest BCUT2D eigenvalue weighted by molar-refractivity contribution is 7.12. The number of aromatic nitrogens is 2. The van der Waals surface area contributed by atoms with Gasteiger partial charge in [-0.05, 0) is 12.5 Å². The third-order valence-corrected chi connectivity index (χ3v) is 4.21. The summed E-state index contributed by atoms with van der Waals surface area (Å²) in [7, 11) is 1.50. The van der Waals surface area contributed by atoms with E-state index in [1.165, 1.54) is 18.4 Å². The molecule has 0 spiro atoms. The number of nitrogens with zero attached hydrogens (tertiary/aromatic N) is 2. The van der Waals surface area contributed by atoms with Gasteiger partial charge in [0.25, 0.3) is 0 Å². The molecule has 2 aromatic heterocycles. The second kappa shape index (κ2) is 6.11. The Bertz CT molecular complexity index is 848. The molecule has 0 fully saturated rings. The van der Waals surface area contributed by atoms with Crippen molar-refractivity contribution >= 4 is 33.7 Å². The summed E-state index contributed by atoms with van der Waals surface area (Å²) in [5.74, 6) is -0.0819. The maximum absolute atomic E-state index is 12.7. The highest BCUT2D eigenvalue weighted by Gasteiger charge is 2.18. The minimum absolute atomic E-state index is 0.0819. The first-order valence-corrected chi connectivity index (χ1v) is 7.79. The van der Waals surface area contributed by atoms with Crippen LogP contribution in [0.2, 0.25) is 0 Å². The van der Waals surface area contributed by atoms with E-state index in [2.05, 4.69) is 15.1 Å². The van der Waals surface area contributed by atoms with Crippen LogP contribution < -0.4 is 0 Å². The number of benzene rings is 1. The van der Waals surface area contributed by atoms with Crippen molar-refractivity contribution in [2.24, 2.45) is 5.16 Å². The van der Waals surface area contributed by atoms with Crippen molar-refractivity contribution in [2.45, 2.75) is 13.3 Å². The number of H-pyrrole nitrogens is 1. The fourth-order valence-electron chi connectivity index (χ4n) is 2.29. The first kappa shape index (κ1) is 14.5. The Morgan fingerprint density at radius 1 is 1.41 bits per heavy atom. The SMILES string of the molecule is CC/C(=N\OC)c1csc(C(=O)c2c[nH]c3ccccc23)n1. The van der Waals surface area contributed by atoms with Gasteiger partial charge in [0.1, 0.15) is 12.8 Å². The average Bonchev–Trinajstić information content (AvgIpc) is 3.19. The Morgan fingerprint density at radius 3 is 3.00 bits per heavy atom. The van der Waals surface area contributed by atoms with Crippen LogP contribution in [0.1, 0.15) is 34.4 Å². The zero-order valence-electron chi connectivity index (χ0n) is 12.3. The van der Waals surface area contributed by atoms with E-state index < -0.39 is 0 Å². The van der Waals surface area contributed by atoms with Gasteiger partial charge in [-0.15, -0.1) is 11.3 Å². The van der Waals surface area contributed by atoms with Crippen LogP contribution in [0.3, 0.4) is 0 Å². The molecule has 0 radical (unpaired) electrons. The predicted molar refractivity (Wildman–Crippen MR) is 87.7 cm³/mol. The minimum Gasteiger partial charge on any atom is -0.399 e. The van der Waals surface area contributed by atoms with Crippen molar-refractivity contribution < 1.29 is 9.63 Å². The second-order valence-corrected chi connectivity index (χ2v) is 5.55. The van der Waals surface area contributed by atoms with Crippen LogP contribution in [-0.4, -0.2) is 28.6 Å². The van der Waals surface area contributed by atoms with E-state index in [0.717, 1.165) is 16.6 Å². The zero-order chi connectivity index (χ0) is 15.5. The van der Waals surface area contributed by atoms with Crippen LogP contribution in [-0.2, 0) is 4.84 Å². The number of hydrogen-bond acceptors (Lipinski definition) is 5. The van der Waals surface area contributed by atoms with Crippen molar-refractivity contribution in [1.29, 1.82) is 0 Å². The Kier molecular flexibility index (Phi) is 4.02. The fourth-order valence-corrected chi connectivity index (χ4v) is 3.07. The number of oxime groups is 1. The van der Waals surface area contributed by atoms with Gasteiger partial charge in [0.05, 0.1) is 11.3 Å². The molecule has 3 rings (SSSR count). The molecule has 0 amide bonds. The molecule has 0 aliphatic heterocycles.